The number of fused-ring (bicyclic) bond motifs is 1. The number of nitrogens with one attached hydrogen (secondary N) is 1. The molecule has 0 spiro atoms. The Kier molecular flexibility index (Phi) is 9.53. The van der Waals surface area contributed by atoms with Gasteiger partial charge in [0.25, 0.3) is 0 Å². The molecule has 6 rings (SSSR count). The van der Waals surface area contributed by atoms with E-state index >= 15 is 0 Å². The lowest BCUT2D eigenvalue weighted by Gasteiger charge is -2.18. The standard InChI is InChI=1S/C18H19N5O4S.C9H13N3O5/c1-19-12-8-22(9-13(12)27-2)14-4-3-10-15(24)11(17(25)26)7-23(16(10)21-14)18-20-5-6-28-18;10-5-1-2-12(9(16)11-5)8-7(15)6(14)4(3-13)17-8/h3-7,12-13,19H,8-9H2,1-2H3,(H,25,26);1-2,4,6-8,13-15H,3H2,(H2,10,11,16)/t12-,13-;4-,6-,7+,8-/m01/s1. The average molecular weight is 645 g/mol. The Hall–Kier alpha value is -4.30. The molecule has 2 saturated heterocycles. The molecule has 7 N–H and O–H groups in total. The first kappa shape index (κ1) is 32.1. The third-order valence-electron chi connectivity index (χ3n) is 7.60. The maximum absolute atomic E-state index is 12.6. The summed E-state index contributed by atoms with van der Waals surface area (Å²) >= 11 is 1.34. The second-order valence-corrected chi connectivity index (χ2v) is 11.1. The highest BCUT2D eigenvalue weighted by atomic mass is 32.1. The van der Waals surface area contributed by atoms with E-state index < -0.39 is 48.2 Å². The number of thiazole rings is 1. The average Bonchev–Trinajstić information content (AvgIpc) is 3.78. The first-order chi connectivity index (χ1) is 21.6. The molecule has 240 valence electrons. The fourth-order valence-corrected chi connectivity index (χ4v) is 5.83. The number of aromatic carboxylic acids is 1. The number of nitrogen functional groups attached to an aromatic ring is 1. The minimum absolute atomic E-state index is 0.0260. The van der Waals surface area contributed by atoms with Crippen LogP contribution in [0.5, 0.6) is 0 Å². The second kappa shape index (κ2) is 13.4. The zero-order valence-electron chi connectivity index (χ0n) is 24.1. The van der Waals surface area contributed by atoms with Crippen LogP contribution in [0.15, 0.2) is 51.8 Å². The molecule has 0 bridgehead atoms. The number of pyridine rings is 2. The van der Waals surface area contributed by atoms with Gasteiger partial charge in [-0.15, -0.1) is 11.3 Å². The van der Waals surface area contributed by atoms with Crippen LogP contribution in [0, 0.1) is 0 Å². The fraction of sp³-hybridized carbons (Fsp3) is 0.407. The minimum atomic E-state index is -1.31. The molecule has 4 aromatic rings. The van der Waals surface area contributed by atoms with Crippen LogP contribution in [0.4, 0.5) is 11.6 Å². The maximum Gasteiger partial charge on any atom is 0.351 e. The van der Waals surface area contributed by atoms with E-state index in [2.05, 4.69) is 20.2 Å². The Morgan fingerprint density at radius 1 is 1.20 bits per heavy atom. The number of carboxylic acid groups (broad SMARTS) is 1. The molecular weight excluding hydrogens is 612 g/mol. The van der Waals surface area contributed by atoms with Crippen LogP contribution < -0.4 is 27.1 Å². The Labute approximate surface area is 258 Å². The maximum atomic E-state index is 12.6. The van der Waals surface area contributed by atoms with E-state index in [1.54, 1.807) is 35.4 Å². The van der Waals surface area contributed by atoms with Gasteiger partial charge in [-0.3, -0.25) is 13.9 Å². The van der Waals surface area contributed by atoms with Gasteiger partial charge in [0.2, 0.25) is 5.43 Å². The van der Waals surface area contributed by atoms with Gasteiger partial charge in [-0.05, 0) is 25.2 Å². The van der Waals surface area contributed by atoms with Crippen molar-refractivity contribution in [3.63, 3.8) is 0 Å². The smallest absolute Gasteiger partial charge is 0.351 e. The van der Waals surface area contributed by atoms with Crippen molar-refractivity contribution in [2.75, 3.05) is 44.5 Å². The van der Waals surface area contributed by atoms with Gasteiger partial charge in [0, 0.05) is 44.2 Å². The molecule has 0 aliphatic carbocycles. The Morgan fingerprint density at radius 2 is 1.98 bits per heavy atom. The molecule has 2 aliphatic rings. The van der Waals surface area contributed by atoms with E-state index in [-0.39, 0.29) is 28.9 Å². The Balaban J connectivity index is 0.000000201. The van der Waals surface area contributed by atoms with Crippen LogP contribution >= 0.6 is 11.3 Å². The lowest BCUT2D eigenvalue weighted by atomic mass is 10.1. The number of aliphatic hydroxyl groups is 3. The fourth-order valence-electron chi connectivity index (χ4n) is 5.21. The molecule has 18 heteroatoms. The van der Waals surface area contributed by atoms with Crippen molar-refractivity contribution >= 4 is 40.0 Å². The Bertz CT molecular complexity index is 1770. The minimum Gasteiger partial charge on any atom is -0.477 e. The number of hydrogen-bond donors (Lipinski definition) is 6. The first-order valence-corrected chi connectivity index (χ1v) is 14.6. The van der Waals surface area contributed by atoms with Crippen molar-refractivity contribution in [2.45, 2.75) is 36.7 Å². The van der Waals surface area contributed by atoms with E-state index in [9.17, 15) is 29.7 Å². The van der Waals surface area contributed by atoms with Gasteiger partial charge < -0.3 is 45.9 Å². The number of nitrogens with two attached hydrogens (primary N) is 1. The molecule has 45 heavy (non-hydrogen) atoms. The second-order valence-electron chi connectivity index (χ2n) is 10.2. The molecule has 4 aromatic heterocycles. The van der Waals surface area contributed by atoms with Gasteiger partial charge in [0.15, 0.2) is 17.0 Å². The molecule has 0 radical (unpaired) electrons. The number of carbonyl (C=O) groups is 1. The summed E-state index contributed by atoms with van der Waals surface area (Å²) in [5, 5.41) is 43.4. The monoisotopic (exact) mass is 644 g/mol. The van der Waals surface area contributed by atoms with Crippen molar-refractivity contribution in [1.29, 1.82) is 0 Å². The normalized spacial score (nSPS) is 24.5. The number of methoxy groups -OCH3 is 1. The van der Waals surface area contributed by atoms with Crippen LogP contribution in [0.2, 0.25) is 0 Å². The Morgan fingerprint density at radius 3 is 2.56 bits per heavy atom. The summed E-state index contributed by atoms with van der Waals surface area (Å²) in [5.74, 6) is -0.529. The number of hydrogen-bond acceptors (Lipinski definition) is 15. The molecule has 2 aliphatic heterocycles. The van der Waals surface area contributed by atoms with Crippen molar-refractivity contribution in [3.8, 4) is 5.13 Å². The largest absolute Gasteiger partial charge is 0.477 e. The molecular formula is C27H32N8O9S. The van der Waals surface area contributed by atoms with E-state index in [0.717, 1.165) is 4.57 Å². The molecule has 17 nitrogen and oxygen atoms in total. The van der Waals surface area contributed by atoms with Gasteiger partial charge >= 0.3 is 11.7 Å². The van der Waals surface area contributed by atoms with E-state index in [1.807, 2.05) is 7.05 Å². The molecule has 0 unspecified atom stereocenters. The predicted molar refractivity (Wildman–Crippen MR) is 162 cm³/mol. The van der Waals surface area contributed by atoms with E-state index in [0.29, 0.717) is 29.7 Å². The van der Waals surface area contributed by atoms with Gasteiger partial charge in [-0.1, -0.05) is 0 Å². The van der Waals surface area contributed by atoms with Gasteiger partial charge in [0.1, 0.15) is 35.5 Å². The lowest BCUT2D eigenvalue weighted by molar-refractivity contribution is -0.0549. The third-order valence-corrected chi connectivity index (χ3v) is 8.37. The number of ether oxygens (including phenoxy) is 2. The number of likely N-dealkylation sites (N-methyl/N-ethyl adjacent to an activating group) is 1. The van der Waals surface area contributed by atoms with E-state index in [4.69, 9.17) is 25.3 Å². The molecule has 6 heterocycles. The summed E-state index contributed by atoms with van der Waals surface area (Å²) in [5.41, 5.74) is 4.14. The molecule has 2 fully saturated rings. The number of rotatable bonds is 7. The van der Waals surface area contributed by atoms with Gasteiger partial charge in [-0.25, -0.2) is 19.6 Å². The molecule has 0 aromatic carbocycles. The summed E-state index contributed by atoms with van der Waals surface area (Å²) < 4.78 is 13.3. The van der Waals surface area contributed by atoms with Crippen LogP contribution in [-0.4, -0.2) is 115 Å². The SMILES string of the molecule is CN[C@H]1CN(c2ccc3c(=O)c(C(=O)O)cn(-c4nccs4)c3n2)C[C@@H]1OC.Nc1ccn([C@@H]2O[C@H](CO)[C@@H](O)[C@@H]2O)c(=O)n1. The van der Waals surface area contributed by atoms with Crippen LogP contribution in [0.1, 0.15) is 16.6 Å². The molecule has 0 saturated carbocycles. The van der Waals surface area contributed by atoms with Gasteiger partial charge in [0.05, 0.1) is 24.1 Å². The summed E-state index contributed by atoms with van der Waals surface area (Å²) in [7, 11) is 3.57. The number of carboxylic acids is 1. The molecule has 0 amide bonds. The number of aliphatic hydroxyl groups excluding tert-OH is 3. The summed E-state index contributed by atoms with van der Waals surface area (Å²) in [6, 6.07) is 4.91. The number of nitrogens with zero attached hydrogens (tertiary/aromatic N) is 6. The highest BCUT2D eigenvalue weighted by Gasteiger charge is 2.43. The first-order valence-electron chi connectivity index (χ1n) is 13.7. The highest BCUT2D eigenvalue weighted by molar-refractivity contribution is 7.12. The van der Waals surface area contributed by atoms with Crippen molar-refractivity contribution in [3.05, 3.63) is 68.4 Å². The molecule has 6 atom stereocenters. The van der Waals surface area contributed by atoms with Crippen LogP contribution in [0.3, 0.4) is 0 Å². The quantitative estimate of drug-likeness (QED) is 0.133. The zero-order chi connectivity index (χ0) is 32.4. The summed E-state index contributed by atoms with van der Waals surface area (Å²) in [6.07, 6.45) is -0.327. The highest BCUT2D eigenvalue weighted by Crippen LogP contribution is 2.28. The topological polar surface area (TPSA) is 240 Å². The van der Waals surface area contributed by atoms with E-state index in [1.165, 1.54) is 29.8 Å². The van der Waals surface area contributed by atoms with Crippen molar-refractivity contribution in [1.82, 2.24) is 29.4 Å². The number of aromatic nitrogens is 5. The number of anilines is 2. The third kappa shape index (κ3) is 6.29. The lowest BCUT2D eigenvalue weighted by Crippen LogP contribution is -2.37. The zero-order valence-corrected chi connectivity index (χ0v) is 24.9. The summed E-state index contributed by atoms with van der Waals surface area (Å²) in [4.78, 5) is 50.2. The van der Waals surface area contributed by atoms with Crippen molar-refractivity contribution in [2.24, 2.45) is 0 Å². The summed E-state index contributed by atoms with van der Waals surface area (Å²) in [6.45, 7) is 0.920. The van der Waals surface area contributed by atoms with Gasteiger partial charge in [-0.2, -0.15) is 4.98 Å². The van der Waals surface area contributed by atoms with Crippen molar-refractivity contribution < 1.29 is 34.7 Å². The van der Waals surface area contributed by atoms with Crippen LogP contribution in [-0.2, 0) is 9.47 Å². The predicted octanol–water partition coefficient (Wildman–Crippen LogP) is -1.60. The van der Waals surface area contributed by atoms with Crippen LogP contribution in [0.25, 0.3) is 16.2 Å².